The second-order valence-corrected chi connectivity index (χ2v) is 7.42. The molecule has 0 N–H and O–H groups in total. The van der Waals surface area contributed by atoms with E-state index in [1.54, 1.807) is 6.07 Å². The maximum absolute atomic E-state index is 13.0. The van der Waals surface area contributed by atoms with Crippen LogP contribution in [0.3, 0.4) is 0 Å². The van der Waals surface area contributed by atoms with E-state index in [0.717, 1.165) is 29.9 Å². The van der Waals surface area contributed by atoms with Gasteiger partial charge < -0.3 is 9.80 Å². The van der Waals surface area contributed by atoms with Crippen molar-refractivity contribution in [3.05, 3.63) is 59.2 Å². The lowest BCUT2D eigenvalue weighted by Gasteiger charge is -2.39. The summed E-state index contributed by atoms with van der Waals surface area (Å²) in [6.45, 7) is 5.01. The molecule has 2 atom stereocenters. The number of likely N-dealkylation sites (tertiary alicyclic amines) is 2. The molecule has 0 radical (unpaired) electrons. The van der Waals surface area contributed by atoms with E-state index in [2.05, 4.69) is 9.97 Å². The molecule has 0 saturated carbocycles. The number of aromatic nitrogens is 2. The van der Waals surface area contributed by atoms with Crippen molar-refractivity contribution in [2.45, 2.75) is 51.7 Å². The standard InChI is InChI=1S/C21H24N4O2/c1-14-5-3-7-16(22-14)13-25-19-11-12-24(18(19)9-10-20(25)26)21(27)17-8-4-6-15(2)23-17/h3-8,18-19H,9-13H2,1-2H3/t18-,19-/m1/s1. The number of fused-ring (bicyclic) bond motifs is 1. The van der Waals surface area contributed by atoms with Crippen molar-refractivity contribution in [1.29, 1.82) is 0 Å². The smallest absolute Gasteiger partial charge is 0.272 e. The Labute approximate surface area is 159 Å². The van der Waals surface area contributed by atoms with Gasteiger partial charge in [-0.05, 0) is 51.0 Å². The SMILES string of the molecule is Cc1cccc(CN2C(=O)CC[C@@H]3[C@H]2CCN3C(=O)c2cccc(C)n2)n1. The van der Waals surface area contributed by atoms with Crippen LogP contribution in [0.25, 0.3) is 0 Å². The lowest BCUT2D eigenvalue weighted by molar-refractivity contribution is -0.138. The third kappa shape index (κ3) is 3.44. The van der Waals surface area contributed by atoms with Crippen molar-refractivity contribution in [2.24, 2.45) is 0 Å². The first-order valence-corrected chi connectivity index (χ1v) is 9.49. The fourth-order valence-corrected chi connectivity index (χ4v) is 4.28. The largest absolute Gasteiger partial charge is 0.332 e. The average Bonchev–Trinajstić information content (AvgIpc) is 3.08. The van der Waals surface area contributed by atoms with Crippen LogP contribution in [0.5, 0.6) is 0 Å². The summed E-state index contributed by atoms with van der Waals surface area (Å²) in [5.41, 5.74) is 3.17. The Morgan fingerprint density at radius 3 is 2.52 bits per heavy atom. The lowest BCUT2D eigenvalue weighted by atomic mass is 9.95. The van der Waals surface area contributed by atoms with Gasteiger partial charge in [-0.1, -0.05) is 12.1 Å². The van der Waals surface area contributed by atoms with Crippen molar-refractivity contribution >= 4 is 11.8 Å². The number of nitrogens with zero attached hydrogens (tertiary/aromatic N) is 4. The molecule has 4 rings (SSSR count). The first-order valence-electron chi connectivity index (χ1n) is 9.49. The van der Waals surface area contributed by atoms with Crippen LogP contribution in [-0.2, 0) is 11.3 Å². The van der Waals surface area contributed by atoms with Crippen LogP contribution in [0.15, 0.2) is 36.4 Å². The molecule has 0 bridgehead atoms. The van der Waals surface area contributed by atoms with Gasteiger partial charge in [0.25, 0.3) is 5.91 Å². The highest BCUT2D eigenvalue weighted by Crippen LogP contribution is 2.33. The van der Waals surface area contributed by atoms with Gasteiger partial charge in [0.1, 0.15) is 5.69 Å². The Balaban J connectivity index is 1.54. The molecule has 0 aromatic carbocycles. The number of rotatable bonds is 3. The molecule has 2 aromatic rings. The molecule has 27 heavy (non-hydrogen) atoms. The average molecular weight is 364 g/mol. The maximum Gasteiger partial charge on any atom is 0.272 e. The minimum absolute atomic E-state index is 0.0332. The molecule has 0 aliphatic carbocycles. The van der Waals surface area contributed by atoms with Crippen LogP contribution in [0.4, 0.5) is 0 Å². The van der Waals surface area contributed by atoms with Crippen LogP contribution >= 0.6 is 0 Å². The predicted octanol–water partition coefficient (Wildman–Crippen LogP) is 2.50. The molecule has 2 aliphatic rings. The molecule has 2 amide bonds. The van der Waals surface area contributed by atoms with Crippen molar-refractivity contribution in [2.75, 3.05) is 6.54 Å². The van der Waals surface area contributed by atoms with Crippen molar-refractivity contribution in [3.8, 4) is 0 Å². The van der Waals surface area contributed by atoms with E-state index in [9.17, 15) is 9.59 Å². The lowest BCUT2D eigenvalue weighted by Crippen LogP contribution is -2.53. The summed E-state index contributed by atoms with van der Waals surface area (Å²) < 4.78 is 0. The minimum atomic E-state index is -0.0332. The molecular formula is C21H24N4O2. The summed E-state index contributed by atoms with van der Waals surface area (Å²) in [6.07, 6.45) is 2.00. The third-order valence-electron chi connectivity index (χ3n) is 5.53. The first kappa shape index (κ1) is 17.6. The summed E-state index contributed by atoms with van der Waals surface area (Å²) in [5.74, 6) is 0.122. The number of hydrogen-bond acceptors (Lipinski definition) is 4. The van der Waals surface area contributed by atoms with Gasteiger partial charge in [-0.2, -0.15) is 0 Å². The van der Waals surface area contributed by atoms with Gasteiger partial charge in [-0.3, -0.25) is 14.6 Å². The van der Waals surface area contributed by atoms with Gasteiger partial charge in [-0.15, -0.1) is 0 Å². The highest BCUT2D eigenvalue weighted by Gasteiger charge is 2.45. The van der Waals surface area contributed by atoms with E-state index < -0.39 is 0 Å². The van der Waals surface area contributed by atoms with Gasteiger partial charge >= 0.3 is 0 Å². The minimum Gasteiger partial charge on any atom is -0.332 e. The Morgan fingerprint density at radius 1 is 1.04 bits per heavy atom. The second-order valence-electron chi connectivity index (χ2n) is 7.42. The number of hydrogen-bond donors (Lipinski definition) is 0. The fourth-order valence-electron chi connectivity index (χ4n) is 4.28. The number of carbonyl (C=O) groups excluding carboxylic acids is 2. The molecule has 2 saturated heterocycles. The summed E-state index contributed by atoms with van der Waals surface area (Å²) in [5, 5.41) is 0. The zero-order chi connectivity index (χ0) is 19.0. The van der Waals surface area contributed by atoms with Crippen LogP contribution in [0, 0.1) is 13.8 Å². The zero-order valence-electron chi connectivity index (χ0n) is 15.8. The van der Waals surface area contributed by atoms with Gasteiger partial charge in [0.05, 0.1) is 24.3 Å². The zero-order valence-corrected chi connectivity index (χ0v) is 15.8. The van der Waals surface area contributed by atoms with Crippen molar-refractivity contribution in [1.82, 2.24) is 19.8 Å². The molecule has 2 aliphatic heterocycles. The normalized spacial score (nSPS) is 22.1. The van der Waals surface area contributed by atoms with Crippen LogP contribution in [0.1, 0.15) is 46.8 Å². The molecule has 2 fully saturated rings. The maximum atomic E-state index is 13.0. The number of pyridine rings is 2. The fraction of sp³-hybridized carbons (Fsp3) is 0.429. The van der Waals surface area contributed by atoms with Crippen molar-refractivity contribution in [3.63, 3.8) is 0 Å². The molecule has 6 heteroatoms. The van der Waals surface area contributed by atoms with Gasteiger partial charge in [0.15, 0.2) is 0 Å². The Kier molecular flexibility index (Phi) is 4.64. The van der Waals surface area contributed by atoms with Crippen LogP contribution in [-0.4, -0.2) is 50.2 Å². The number of piperidine rings is 1. The van der Waals surface area contributed by atoms with E-state index in [0.29, 0.717) is 25.2 Å². The summed E-state index contributed by atoms with van der Waals surface area (Å²) in [6, 6.07) is 11.5. The Bertz CT molecular complexity index is 882. The van der Waals surface area contributed by atoms with Crippen LogP contribution in [0.2, 0.25) is 0 Å². The number of amides is 2. The van der Waals surface area contributed by atoms with Crippen LogP contribution < -0.4 is 0 Å². The Hall–Kier alpha value is -2.76. The molecular weight excluding hydrogens is 340 g/mol. The molecule has 2 aromatic heterocycles. The first-order chi connectivity index (χ1) is 13.0. The molecule has 6 nitrogen and oxygen atoms in total. The van der Waals surface area contributed by atoms with E-state index in [1.807, 2.05) is 54.0 Å². The highest BCUT2D eigenvalue weighted by molar-refractivity contribution is 5.93. The van der Waals surface area contributed by atoms with Gasteiger partial charge in [0.2, 0.25) is 5.91 Å². The third-order valence-corrected chi connectivity index (χ3v) is 5.53. The van der Waals surface area contributed by atoms with Gasteiger partial charge in [0, 0.05) is 24.4 Å². The Morgan fingerprint density at radius 2 is 1.78 bits per heavy atom. The molecule has 140 valence electrons. The number of aryl methyl sites for hydroxylation is 2. The molecule has 4 heterocycles. The molecule has 0 spiro atoms. The van der Waals surface area contributed by atoms with Crippen molar-refractivity contribution < 1.29 is 9.59 Å². The summed E-state index contributed by atoms with van der Waals surface area (Å²) in [4.78, 5) is 38.4. The highest BCUT2D eigenvalue weighted by atomic mass is 16.2. The number of carbonyl (C=O) groups is 2. The van der Waals surface area contributed by atoms with E-state index in [1.165, 1.54) is 0 Å². The summed E-state index contributed by atoms with van der Waals surface area (Å²) in [7, 11) is 0. The van der Waals surface area contributed by atoms with Gasteiger partial charge in [-0.25, -0.2) is 4.98 Å². The summed E-state index contributed by atoms with van der Waals surface area (Å²) >= 11 is 0. The predicted molar refractivity (Wildman–Crippen MR) is 101 cm³/mol. The van der Waals surface area contributed by atoms with E-state index >= 15 is 0 Å². The monoisotopic (exact) mass is 364 g/mol. The second kappa shape index (κ2) is 7.10. The molecule has 0 unspecified atom stereocenters. The van der Waals surface area contributed by atoms with E-state index in [4.69, 9.17) is 0 Å². The quantitative estimate of drug-likeness (QED) is 0.839. The topological polar surface area (TPSA) is 66.4 Å². The van der Waals surface area contributed by atoms with E-state index in [-0.39, 0.29) is 23.9 Å².